The number of oxazole rings is 1. The molecule has 18 heavy (non-hydrogen) atoms. The van der Waals surface area contributed by atoms with Gasteiger partial charge in [-0.3, -0.25) is 0 Å². The molecule has 0 radical (unpaired) electrons. The van der Waals surface area contributed by atoms with Gasteiger partial charge in [0.05, 0.1) is 12.7 Å². The van der Waals surface area contributed by atoms with E-state index in [1.807, 2.05) is 0 Å². The lowest BCUT2D eigenvalue weighted by molar-refractivity contribution is 0.0593. The number of hydrogen-bond acceptors (Lipinski definition) is 4. The fourth-order valence-corrected chi connectivity index (χ4v) is 1.46. The van der Waals surface area contributed by atoms with Crippen LogP contribution in [0.2, 0.25) is 0 Å². The Morgan fingerprint density at radius 2 is 2.11 bits per heavy atom. The van der Waals surface area contributed by atoms with Gasteiger partial charge in [0.2, 0.25) is 5.89 Å². The molecule has 6 heteroatoms. The van der Waals surface area contributed by atoms with Crippen LogP contribution in [0.5, 0.6) is 0 Å². The van der Waals surface area contributed by atoms with Crippen molar-refractivity contribution in [3.05, 3.63) is 41.3 Å². The van der Waals surface area contributed by atoms with Crippen molar-refractivity contribution < 1.29 is 22.7 Å². The average molecular weight is 253 g/mol. The largest absolute Gasteiger partial charge is 0.464 e. The Morgan fingerprint density at radius 1 is 1.39 bits per heavy atom. The second kappa shape index (κ2) is 4.56. The number of hydrogen-bond donors (Lipinski definition) is 0. The third-order valence-electron chi connectivity index (χ3n) is 2.34. The molecule has 0 N–H and O–H groups in total. The Morgan fingerprint density at radius 3 is 2.72 bits per heavy atom. The van der Waals surface area contributed by atoms with Crippen LogP contribution in [0.1, 0.15) is 16.2 Å². The van der Waals surface area contributed by atoms with E-state index in [0.717, 1.165) is 6.07 Å². The Hall–Kier alpha value is -2.24. The zero-order chi connectivity index (χ0) is 13.3. The molecule has 0 aliphatic rings. The molecule has 1 heterocycles. The van der Waals surface area contributed by atoms with Crippen molar-refractivity contribution in [1.82, 2.24) is 4.98 Å². The summed E-state index contributed by atoms with van der Waals surface area (Å²) in [6.07, 6.45) is 0. The van der Waals surface area contributed by atoms with Crippen molar-refractivity contribution >= 4 is 5.97 Å². The third-order valence-corrected chi connectivity index (χ3v) is 2.34. The maximum atomic E-state index is 13.5. The minimum atomic E-state index is -0.812. The van der Waals surface area contributed by atoms with Crippen molar-refractivity contribution in [1.29, 1.82) is 0 Å². The summed E-state index contributed by atoms with van der Waals surface area (Å²) in [4.78, 5) is 15.2. The molecule has 0 amide bonds. The van der Waals surface area contributed by atoms with E-state index < -0.39 is 17.6 Å². The standard InChI is InChI=1S/C12H9F2NO3/c1-6-10(12(16)17-2)15-11(18-6)8-4-3-7(13)5-9(8)14/h3-5H,1-2H3. The van der Waals surface area contributed by atoms with Gasteiger partial charge in [-0.05, 0) is 19.1 Å². The van der Waals surface area contributed by atoms with Gasteiger partial charge in [0.15, 0.2) is 5.69 Å². The Labute approximate surface area is 101 Å². The van der Waals surface area contributed by atoms with Gasteiger partial charge in [-0.15, -0.1) is 0 Å². The number of benzene rings is 1. The van der Waals surface area contributed by atoms with Crippen LogP contribution in [0.4, 0.5) is 8.78 Å². The molecule has 0 atom stereocenters. The van der Waals surface area contributed by atoms with Gasteiger partial charge in [-0.1, -0.05) is 0 Å². The molecule has 94 valence electrons. The molecule has 1 aromatic heterocycles. The zero-order valence-corrected chi connectivity index (χ0v) is 9.66. The summed E-state index contributed by atoms with van der Waals surface area (Å²) in [6.45, 7) is 1.50. The highest BCUT2D eigenvalue weighted by Crippen LogP contribution is 2.25. The number of methoxy groups -OCH3 is 1. The van der Waals surface area contributed by atoms with E-state index >= 15 is 0 Å². The first kappa shape index (κ1) is 12.2. The molecule has 0 unspecified atom stereocenters. The number of carbonyl (C=O) groups excluding carboxylic acids is 1. The summed E-state index contributed by atoms with van der Waals surface area (Å²) in [7, 11) is 1.20. The van der Waals surface area contributed by atoms with E-state index in [4.69, 9.17) is 4.42 Å². The zero-order valence-electron chi connectivity index (χ0n) is 9.66. The van der Waals surface area contributed by atoms with E-state index in [1.54, 1.807) is 0 Å². The molecule has 2 rings (SSSR count). The van der Waals surface area contributed by atoms with Gasteiger partial charge in [-0.25, -0.2) is 18.6 Å². The van der Waals surface area contributed by atoms with E-state index in [2.05, 4.69) is 9.72 Å². The third kappa shape index (κ3) is 2.09. The van der Waals surface area contributed by atoms with Crippen molar-refractivity contribution in [3.63, 3.8) is 0 Å². The Kier molecular flexibility index (Phi) is 3.10. The SMILES string of the molecule is COC(=O)c1nc(-c2ccc(F)cc2F)oc1C. The van der Waals surface area contributed by atoms with Crippen LogP contribution in [-0.4, -0.2) is 18.1 Å². The Bertz CT molecular complexity index is 607. The molecule has 0 aliphatic heterocycles. The summed E-state index contributed by atoms with van der Waals surface area (Å²) in [5.41, 5.74) is -0.0501. The lowest BCUT2D eigenvalue weighted by Crippen LogP contribution is -2.03. The molecule has 0 fully saturated rings. The average Bonchev–Trinajstić information content (AvgIpc) is 2.70. The van der Waals surface area contributed by atoms with Crippen molar-refractivity contribution in [2.24, 2.45) is 0 Å². The van der Waals surface area contributed by atoms with Crippen molar-refractivity contribution in [3.8, 4) is 11.5 Å². The molecule has 0 bridgehead atoms. The van der Waals surface area contributed by atoms with Gasteiger partial charge < -0.3 is 9.15 Å². The first-order chi connectivity index (χ1) is 8.52. The normalized spacial score (nSPS) is 10.4. The van der Waals surface area contributed by atoms with Gasteiger partial charge in [0.1, 0.15) is 17.4 Å². The minimum absolute atomic E-state index is 0.0188. The molecule has 1 aromatic carbocycles. The van der Waals surface area contributed by atoms with E-state index in [9.17, 15) is 13.6 Å². The number of halogens is 2. The van der Waals surface area contributed by atoms with Crippen LogP contribution >= 0.6 is 0 Å². The van der Waals surface area contributed by atoms with E-state index in [-0.39, 0.29) is 22.9 Å². The maximum absolute atomic E-state index is 13.5. The summed E-state index contributed by atoms with van der Waals surface area (Å²) in [5.74, 6) is -2.07. The predicted molar refractivity (Wildman–Crippen MR) is 57.9 cm³/mol. The second-order valence-corrected chi connectivity index (χ2v) is 3.54. The van der Waals surface area contributed by atoms with Gasteiger partial charge in [0.25, 0.3) is 0 Å². The van der Waals surface area contributed by atoms with Gasteiger partial charge >= 0.3 is 5.97 Å². The number of esters is 1. The highest BCUT2D eigenvalue weighted by atomic mass is 19.1. The number of ether oxygens (including phenoxy) is 1. The number of aryl methyl sites for hydroxylation is 1. The summed E-state index contributed by atoms with van der Waals surface area (Å²) < 4.78 is 35.9. The lowest BCUT2D eigenvalue weighted by Gasteiger charge is -1.97. The van der Waals surface area contributed by atoms with E-state index in [1.165, 1.54) is 20.1 Å². The van der Waals surface area contributed by atoms with Crippen LogP contribution in [0.25, 0.3) is 11.5 Å². The fourth-order valence-electron chi connectivity index (χ4n) is 1.46. The molecule has 0 aliphatic carbocycles. The summed E-state index contributed by atoms with van der Waals surface area (Å²) in [5, 5.41) is 0. The van der Waals surface area contributed by atoms with Crippen LogP contribution < -0.4 is 0 Å². The maximum Gasteiger partial charge on any atom is 0.360 e. The molecular weight excluding hydrogens is 244 g/mol. The second-order valence-electron chi connectivity index (χ2n) is 3.54. The molecular formula is C12H9F2NO3. The van der Waals surface area contributed by atoms with Crippen LogP contribution in [0.3, 0.4) is 0 Å². The predicted octanol–water partition coefficient (Wildman–Crippen LogP) is 2.71. The topological polar surface area (TPSA) is 52.3 Å². The van der Waals surface area contributed by atoms with Crippen molar-refractivity contribution in [2.75, 3.05) is 7.11 Å². The van der Waals surface area contributed by atoms with Crippen molar-refractivity contribution in [2.45, 2.75) is 6.92 Å². The Balaban J connectivity index is 2.49. The molecule has 4 nitrogen and oxygen atoms in total. The quantitative estimate of drug-likeness (QED) is 0.772. The van der Waals surface area contributed by atoms with Gasteiger partial charge in [0, 0.05) is 6.07 Å². The van der Waals surface area contributed by atoms with Gasteiger partial charge in [-0.2, -0.15) is 0 Å². The number of carbonyl (C=O) groups is 1. The summed E-state index contributed by atoms with van der Waals surface area (Å²) in [6, 6.07) is 2.99. The van der Waals surface area contributed by atoms with Crippen LogP contribution in [0.15, 0.2) is 22.6 Å². The number of rotatable bonds is 2. The molecule has 0 saturated heterocycles. The summed E-state index contributed by atoms with van der Waals surface area (Å²) >= 11 is 0. The lowest BCUT2D eigenvalue weighted by atomic mass is 10.2. The monoisotopic (exact) mass is 253 g/mol. The van der Waals surface area contributed by atoms with Crippen LogP contribution in [0, 0.1) is 18.6 Å². The first-order valence-electron chi connectivity index (χ1n) is 5.04. The highest BCUT2D eigenvalue weighted by Gasteiger charge is 2.20. The molecule has 0 spiro atoms. The first-order valence-corrected chi connectivity index (χ1v) is 5.04. The van der Waals surface area contributed by atoms with Crippen LogP contribution in [-0.2, 0) is 4.74 Å². The highest BCUT2D eigenvalue weighted by molar-refractivity contribution is 5.88. The molecule has 0 saturated carbocycles. The molecule has 2 aromatic rings. The minimum Gasteiger partial charge on any atom is -0.464 e. The smallest absolute Gasteiger partial charge is 0.360 e. The fraction of sp³-hybridized carbons (Fsp3) is 0.167. The van der Waals surface area contributed by atoms with E-state index in [0.29, 0.717) is 6.07 Å². The number of nitrogens with zero attached hydrogens (tertiary/aromatic N) is 1. The number of aromatic nitrogens is 1.